The molecule has 0 aliphatic heterocycles. The van der Waals surface area contributed by atoms with Crippen molar-refractivity contribution in [3.8, 4) is 11.8 Å². The van der Waals surface area contributed by atoms with E-state index in [1.165, 1.54) is 39.5 Å². The topological polar surface area (TPSA) is 196 Å². The van der Waals surface area contributed by atoms with Crippen LogP contribution in [0.5, 0.6) is 11.8 Å². The lowest BCUT2D eigenvalue weighted by molar-refractivity contribution is 0.0599. The maximum absolute atomic E-state index is 12.3. The van der Waals surface area contributed by atoms with Gasteiger partial charge in [0.05, 0.1) is 49.3 Å². The predicted molar refractivity (Wildman–Crippen MR) is 156 cm³/mol. The number of ether oxygens (including phenoxy) is 3. The van der Waals surface area contributed by atoms with Gasteiger partial charge < -0.3 is 19.3 Å². The third kappa shape index (κ3) is 8.73. The SMILES string of the molecule is COC(=O)c1ccccc1CS(=O)(=O)NC(=O)Nc1nc(OC)cc(OC)n1.Cc1cnc2c(C(=O)O)c(Cl)ccc2c1. The molecular weight excluding hydrogens is 606 g/mol. The second-order valence-corrected chi connectivity index (χ2v) is 10.7. The van der Waals surface area contributed by atoms with E-state index in [0.29, 0.717) is 5.52 Å². The zero-order valence-electron chi connectivity index (χ0n) is 23.2. The molecule has 0 saturated heterocycles. The average molecular weight is 632 g/mol. The highest BCUT2D eigenvalue weighted by Gasteiger charge is 2.21. The molecule has 0 spiro atoms. The van der Waals surface area contributed by atoms with E-state index < -0.39 is 33.7 Å². The van der Waals surface area contributed by atoms with Crippen molar-refractivity contribution in [3.05, 3.63) is 82.0 Å². The first-order valence-electron chi connectivity index (χ1n) is 12.1. The monoisotopic (exact) mass is 631 g/mol. The Morgan fingerprint density at radius 3 is 2.23 bits per heavy atom. The minimum Gasteiger partial charge on any atom is -0.481 e. The van der Waals surface area contributed by atoms with Crippen LogP contribution in [0, 0.1) is 6.92 Å². The maximum Gasteiger partial charge on any atom is 0.339 e. The molecule has 43 heavy (non-hydrogen) atoms. The van der Waals surface area contributed by atoms with Crippen LogP contribution in [0.4, 0.5) is 10.7 Å². The number of esters is 1. The largest absolute Gasteiger partial charge is 0.481 e. The van der Waals surface area contributed by atoms with Crippen LogP contribution in [0.1, 0.15) is 31.8 Å². The molecule has 0 radical (unpaired) electrons. The number of nitrogens with one attached hydrogen (secondary N) is 2. The summed E-state index contributed by atoms with van der Waals surface area (Å²) in [7, 11) is -0.243. The molecule has 0 aliphatic rings. The van der Waals surface area contributed by atoms with Gasteiger partial charge in [0.15, 0.2) is 0 Å². The molecule has 2 aromatic heterocycles. The molecule has 16 heteroatoms. The van der Waals surface area contributed by atoms with Crippen LogP contribution in [-0.4, -0.2) is 67.8 Å². The Balaban J connectivity index is 0.000000282. The fourth-order valence-electron chi connectivity index (χ4n) is 3.62. The molecule has 2 amide bonds. The number of carboxylic acids is 1. The summed E-state index contributed by atoms with van der Waals surface area (Å²) in [5.41, 5.74) is 1.74. The maximum atomic E-state index is 12.3. The molecule has 4 rings (SSSR count). The number of hydrogen-bond donors (Lipinski definition) is 3. The summed E-state index contributed by atoms with van der Waals surface area (Å²) in [5, 5.41) is 12.2. The van der Waals surface area contributed by atoms with E-state index in [2.05, 4.69) is 25.0 Å². The Kier molecular flexibility index (Phi) is 10.8. The zero-order chi connectivity index (χ0) is 31.7. The standard InChI is InChI=1S/C16H18N4O7S.C11H8ClNO2/c1-25-12-8-13(26-2)18-15(17-12)19-16(22)20-28(23,24)9-10-6-4-5-7-11(10)14(21)27-3;1-6-4-7-2-3-8(12)9(11(14)15)10(7)13-5-6/h4-8H,9H2,1-3H3,(H2,17,18,19,20,22);2-5H,1H3,(H,14,15). The van der Waals surface area contributed by atoms with Crippen molar-refractivity contribution >= 4 is 56.4 Å². The number of fused-ring (bicyclic) bond motifs is 1. The van der Waals surface area contributed by atoms with Crippen molar-refractivity contribution in [2.45, 2.75) is 12.7 Å². The van der Waals surface area contributed by atoms with Crippen molar-refractivity contribution in [1.29, 1.82) is 0 Å². The van der Waals surface area contributed by atoms with Crippen molar-refractivity contribution in [2.24, 2.45) is 0 Å². The number of carbonyl (C=O) groups is 3. The molecule has 14 nitrogen and oxygen atoms in total. The number of benzene rings is 2. The number of aromatic carboxylic acids is 1. The molecule has 0 atom stereocenters. The lowest BCUT2D eigenvalue weighted by Crippen LogP contribution is -2.36. The van der Waals surface area contributed by atoms with E-state index in [1.807, 2.05) is 17.7 Å². The smallest absolute Gasteiger partial charge is 0.339 e. The van der Waals surface area contributed by atoms with Gasteiger partial charge in [0, 0.05) is 11.6 Å². The van der Waals surface area contributed by atoms with E-state index in [4.69, 9.17) is 26.2 Å². The molecule has 0 saturated carbocycles. The number of hydrogen-bond acceptors (Lipinski definition) is 11. The van der Waals surface area contributed by atoms with Crippen LogP contribution in [0.2, 0.25) is 5.02 Å². The second kappa shape index (κ2) is 14.2. The number of methoxy groups -OCH3 is 3. The molecule has 226 valence electrons. The van der Waals surface area contributed by atoms with Crippen LogP contribution in [0.3, 0.4) is 0 Å². The zero-order valence-corrected chi connectivity index (χ0v) is 24.8. The highest BCUT2D eigenvalue weighted by Crippen LogP contribution is 2.25. The number of carbonyl (C=O) groups excluding carboxylic acids is 2. The molecule has 0 unspecified atom stereocenters. The van der Waals surface area contributed by atoms with E-state index in [-0.39, 0.29) is 39.4 Å². The molecule has 0 aliphatic carbocycles. The van der Waals surface area contributed by atoms with Gasteiger partial charge in [0.2, 0.25) is 27.7 Å². The fraction of sp³-hybridized carbons (Fsp3) is 0.185. The fourth-order valence-corrected chi connectivity index (χ4v) is 4.92. The molecule has 4 aromatic rings. The number of carboxylic acid groups (broad SMARTS) is 1. The summed E-state index contributed by atoms with van der Waals surface area (Å²) in [6.45, 7) is 1.90. The average Bonchev–Trinajstić information content (AvgIpc) is 2.96. The number of aromatic nitrogens is 3. The normalized spacial score (nSPS) is 10.6. The lowest BCUT2D eigenvalue weighted by Gasteiger charge is -2.11. The summed E-state index contributed by atoms with van der Waals surface area (Å²) in [4.78, 5) is 46.6. The Morgan fingerprint density at radius 2 is 1.63 bits per heavy atom. The van der Waals surface area contributed by atoms with Gasteiger partial charge in [0.1, 0.15) is 5.56 Å². The number of anilines is 1. The molecule has 2 aromatic carbocycles. The van der Waals surface area contributed by atoms with E-state index in [1.54, 1.807) is 30.5 Å². The second-order valence-electron chi connectivity index (χ2n) is 8.55. The summed E-state index contributed by atoms with van der Waals surface area (Å²) in [6, 6.07) is 11.5. The highest BCUT2D eigenvalue weighted by atomic mass is 35.5. The minimum absolute atomic E-state index is 0.0640. The third-order valence-corrected chi connectivity index (χ3v) is 6.99. The molecular formula is C27H26ClN5O9S. The summed E-state index contributed by atoms with van der Waals surface area (Å²) in [6.07, 6.45) is 1.63. The van der Waals surface area contributed by atoms with E-state index >= 15 is 0 Å². The van der Waals surface area contributed by atoms with Gasteiger partial charge >= 0.3 is 18.0 Å². The van der Waals surface area contributed by atoms with Crippen LogP contribution in [-0.2, 0) is 20.5 Å². The number of amides is 2. The number of sulfonamides is 1. The third-order valence-electron chi connectivity index (χ3n) is 5.49. The van der Waals surface area contributed by atoms with Crippen LogP contribution in [0.25, 0.3) is 10.9 Å². The number of urea groups is 1. The highest BCUT2D eigenvalue weighted by molar-refractivity contribution is 7.89. The van der Waals surface area contributed by atoms with Crippen molar-refractivity contribution < 1.29 is 42.1 Å². The van der Waals surface area contributed by atoms with Gasteiger partial charge in [0.25, 0.3) is 0 Å². The number of aryl methyl sites for hydroxylation is 1. The first-order chi connectivity index (χ1) is 20.4. The van der Waals surface area contributed by atoms with Crippen molar-refractivity contribution in [1.82, 2.24) is 19.7 Å². The summed E-state index contributed by atoms with van der Waals surface area (Å²) in [5.74, 6) is -2.37. The molecule has 3 N–H and O–H groups in total. The quantitative estimate of drug-likeness (QED) is 0.238. The van der Waals surface area contributed by atoms with Gasteiger partial charge in [-0.1, -0.05) is 35.9 Å². The lowest BCUT2D eigenvalue weighted by atomic mass is 10.1. The first-order valence-corrected chi connectivity index (χ1v) is 14.1. The van der Waals surface area contributed by atoms with Crippen molar-refractivity contribution in [2.75, 3.05) is 26.6 Å². The number of halogens is 1. The molecule has 0 fully saturated rings. The molecule has 0 bridgehead atoms. The van der Waals surface area contributed by atoms with Crippen LogP contribution < -0.4 is 19.5 Å². The number of rotatable bonds is 8. The Hall–Kier alpha value is -5.02. The van der Waals surface area contributed by atoms with Gasteiger partial charge in [-0.2, -0.15) is 9.97 Å². The molecule has 2 heterocycles. The van der Waals surface area contributed by atoms with E-state index in [9.17, 15) is 22.8 Å². The van der Waals surface area contributed by atoms with Gasteiger partial charge in [-0.3, -0.25) is 10.3 Å². The summed E-state index contributed by atoms with van der Waals surface area (Å²) < 4.78 is 40.9. The summed E-state index contributed by atoms with van der Waals surface area (Å²) >= 11 is 5.82. The number of pyridine rings is 1. The van der Waals surface area contributed by atoms with Crippen LogP contribution >= 0.6 is 11.6 Å². The van der Waals surface area contributed by atoms with Gasteiger partial charge in [-0.25, -0.2) is 27.5 Å². The van der Waals surface area contributed by atoms with E-state index in [0.717, 1.165) is 10.9 Å². The number of nitrogens with zero attached hydrogens (tertiary/aromatic N) is 3. The first kappa shape index (κ1) is 32.5. The Bertz CT molecular complexity index is 1760. The van der Waals surface area contributed by atoms with Crippen molar-refractivity contribution in [3.63, 3.8) is 0 Å². The Morgan fingerprint density at radius 1 is 0.977 bits per heavy atom. The van der Waals surface area contributed by atoms with Crippen LogP contribution in [0.15, 0.2) is 54.7 Å². The van der Waals surface area contributed by atoms with Gasteiger partial charge in [-0.15, -0.1) is 0 Å². The Labute approximate surface area is 251 Å². The predicted octanol–water partition coefficient (Wildman–Crippen LogP) is 3.83. The van der Waals surface area contributed by atoms with Gasteiger partial charge in [-0.05, 0) is 36.2 Å². The minimum atomic E-state index is -4.14.